The smallest absolute Gasteiger partial charge is 0.0567 e. The molecule has 0 aromatic carbocycles. The molecule has 0 amide bonds. The van der Waals surface area contributed by atoms with Crippen LogP contribution >= 0.6 is 0 Å². The van der Waals surface area contributed by atoms with Gasteiger partial charge in [-0.25, -0.2) is 0 Å². The zero-order valence-electron chi connectivity index (χ0n) is 4.30. The summed E-state index contributed by atoms with van der Waals surface area (Å²) < 4.78 is 0. The molecule has 0 bridgehead atoms. The van der Waals surface area contributed by atoms with Crippen molar-refractivity contribution in [2.75, 3.05) is 6.54 Å². The Morgan fingerprint density at radius 3 is 2.57 bits per heavy atom. The van der Waals surface area contributed by atoms with Crippen molar-refractivity contribution in [3.8, 4) is 0 Å². The summed E-state index contributed by atoms with van der Waals surface area (Å²) in [5.41, 5.74) is 0. The molecule has 0 atom stereocenters. The summed E-state index contributed by atoms with van der Waals surface area (Å²) in [7, 11) is 0. The van der Waals surface area contributed by atoms with E-state index in [1.807, 2.05) is 0 Å². The van der Waals surface area contributed by atoms with Crippen LogP contribution in [0.5, 0.6) is 0 Å². The minimum atomic E-state index is 0.687. The van der Waals surface area contributed by atoms with Crippen LogP contribution in [0.2, 0.25) is 0 Å². The van der Waals surface area contributed by atoms with Gasteiger partial charge in [-0.1, -0.05) is 18.7 Å². The van der Waals surface area contributed by atoms with Gasteiger partial charge in [-0.05, 0) is 0 Å². The van der Waals surface area contributed by atoms with E-state index >= 15 is 0 Å². The molecule has 38 valence electrons. The summed E-state index contributed by atoms with van der Waals surface area (Å²) in [5, 5.41) is 0. The molecule has 0 N–H and O–H groups in total. The highest BCUT2D eigenvalue weighted by atomic mass is 14.7. The lowest BCUT2D eigenvalue weighted by atomic mass is 10.6. The normalized spacial score (nSPS) is 9.14. The first-order valence-corrected chi connectivity index (χ1v) is 2.13. The lowest BCUT2D eigenvalue weighted by molar-refractivity contribution is 1.27. The fraction of sp³-hybridized carbons (Fsp3) is 0.167. The first kappa shape index (κ1) is 6.15. The third kappa shape index (κ3) is 5.15. The number of hydrogen-bond donors (Lipinski definition) is 0. The molecule has 0 aliphatic carbocycles. The lowest BCUT2D eigenvalue weighted by Crippen LogP contribution is -1.68. The summed E-state index contributed by atoms with van der Waals surface area (Å²) in [5.74, 6) is 0. The Morgan fingerprint density at radius 2 is 2.14 bits per heavy atom. The van der Waals surface area contributed by atoms with E-state index in [0.717, 1.165) is 0 Å². The lowest BCUT2D eigenvalue weighted by Gasteiger charge is -1.73. The van der Waals surface area contributed by atoms with Crippen molar-refractivity contribution >= 4 is 6.21 Å². The Morgan fingerprint density at radius 1 is 1.43 bits per heavy atom. The SMILES string of the molecule is C=C/C=N/CC=C. The Hall–Kier alpha value is -0.850. The second-order valence-corrected chi connectivity index (χ2v) is 1.04. The fourth-order valence-electron chi connectivity index (χ4n) is 0.210. The number of allylic oxidation sites excluding steroid dienone is 1. The van der Waals surface area contributed by atoms with Crippen molar-refractivity contribution < 1.29 is 0 Å². The largest absolute Gasteiger partial charge is 0.289 e. The highest BCUT2D eigenvalue weighted by Gasteiger charge is 1.59. The van der Waals surface area contributed by atoms with E-state index in [1.165, 1.54) is 0 Å². The van der Waals surface area contributed by atoms with Crippen LogP contribution in [0.25, 0.3) is 0 Å². The summed E-state index contributed by atoms with van der Waals surface area (Å²) >= 11 is 0. The Labute approximate surface area is 44.1 Å². The van der Waals surface area contributed by atoms with Crippen molar-refractivity contribution in [3.63, 3.8) is 0 Å². The number of rotatable bonds is 3. The Balaban J connectivity index is 3.08. The minimum Gasteiger partial charge on any atom is -0.289 e. The molecule has 0 unspecified atom stereocenters. The zero-order chi connectivity index (χ0) is 5.54. The van der Waals surface area contributed by atoms with Gasteiger partial charge in [0.25, 0.3) is 0 Å². The highest BCUT2D eigenvalue weighted by Crippen LogP contribution is 1.66. The molecular weight excluding hydrogens is 86.1 g/mol. The number of hydrogen-bond acceptors (Lipinski definition) is 1. The van der Waals surface area contributed by atoms with Crippen LogP contribution in [-0.2, 0) is 0 Å². The van der Waals surface area contributed by atoms with Gasteiger partial charge in [0.15, 0.2) is 0 Å². The average molecular weight is 95.1 g/mol. The predicted octanol–water partition coefficient (Wildman–Crippen LogP) is 1.43. The van der Waals surface area contributed by atoms with E-state index in [1.54, 1.807) is 18.4 Å². The number of aliphatic imine (C=N–C) groups is 1. The van der Waals surface area contributed by atoms with Gasteiger partial charge in [0.1, 0.15) is 0 Å². The van der Waals surface area contributed by atoms with E-state index in [0.29, 0.717) is 6.54 Å². The minimum absolute atomic E-state index is 0.687. The summed E-state index contributed by atoms with van der Waals surface area (Å²) in [6, 6.07) is 0. The monoisotopic (exact) mass is 95.1 g/mol. The molecule has 0 aliphatic heterocycles. The molecule has 0 spiro atoms. The molecule has 1 heteroatoms. The molecule has 0 fully saturated rings. The number of nitrogens with zero attached hydrogens (tertiary/aromatic N) is 1. The van der Waals surface area contributed by atoms with Crippen LogP contribution in [0.4, 0.5) is 0 Å². The molecule has 0 saturated carbocycles. The molecule has 0 aliphatic rings. The third-order valence-corrected chi connectivity index (χ3v) is 0.445. The highest BCUT2D eigenvalue weighted by molar-refractivity contribution is 5.70. The maximum absolute atomic E-state index is 3.85. The van der Waals surface area contributed by atoms with Crippen LogP contribution in [0.15, 0.2) is 30.3 Å². The van der Waals surface area contributed by atoms with Crippen molar-refractivity contribution in [2.24, 2.45) is 4.99 Å². The molecule has 0 rings (SSSR count). The van der Waals surface area contributed by atoms with Crippen molar-refractivity contribution in [2.45, 2.75) is 0 Å². The molecule has 0 aromatic heterocycles. The first-order chi connectivity index (χ1) is 3.41. The second kappa shape index (κ2) is 5.15. The van der Waals surface area contributed by atoms with Gasteiger partial charge in [0.2, 0.25) is 0 Å². The molecule has 0 radical (unpaired) electrons. The van der Waals surface area contributed by atoms with Gasteiger partial charge in [-0.3, -0.25) is 4.99 Å². The van der Waals surface area contributed by atoms with Crippen LogP contribution in [0, 0.1) is 0 Å². The Bertz CT molecular complexity index is 82.2. The van der Waals surface area contributed by atoms with Crippen LogP contribution in [0.3, 0.4) is 0 Å². The van der Waals surface area contributed by atoms with Crippen LogP contribution in [0.1, 0.15) is 0 Å². The fourth-order valence-corrected chi connectivity index (χ4v) is 0.210. The quantitative estimate of drug-likeness (QED) is 0.371. The van der Waals surface area contributed by atoms with Gasteiger partial charge >= 0.3 is 0 Å². The second-order valence-electron chi connectivity index (χ2n) is 1.04. The van der Waals surface area contributed by atoms with Crippen molar-refractivity contribution in [1.82, 2.24) is 0 Å². The maximum atomic E-state index is 3.85. The van der Waals surface area contributed by atoms with Gasteiger partial charge in [-0.2, -0.15) is 0 Å². The summed E-state index contributed by atoms with van der Waals surface area (Å²) in [6.07, 6.45) is 5.03. The molecule has 0 aromatic rings. The Kier molecular flexibility index (Phi) is 4.52. The third-order valence-electron chi connectivity index (χ3n) is 0.445. The summed E-state index contributed by atoms with van der Waals surface area (Å²) in [6.45, 7) is 7.62. The van der Waals surface area contributed by atoms with E-state index in [9.17, 15) is 0 Å². The van der Waals surface area contributed by atoms with E-state index in [4.69, 9.17) is 0 Å². The first-order valence-electron chi connectivity index (χ1n) is 2.13. The van der Waals surface area contributed by atoms with E-state index in [2.05, 4.69) is 18.2 Å². The van der Waals surface area contributed by atoms with Gasteiger partial charge in [-0.15, -0.1) is 6.58 Å². The van der Waals surface area contributed by atoms with Gasteiger partial charge < -0.3 is 0 Å². The van der Waals surface area contributed by atoms with Crippen LogP contribution < -0.4 is 0 Å². The standard InChI is InChI=1S/C6H9N/c1-3-5-7-6-4-2/h3-5H,1-2,6H2/b7-5+. The zero-order valence-corrected chi connectivity index (χ0v) is 4.30. The topological polar surface area (TPSA) is 12.4 Å². The van der Waals surface area contributed by atoms with Crippen molar-refractivity contribution in [3.05, 3.63) is 25.3 Å². The van der Waals surface area contributed by atoms with Gasteiger partial charge in [0.05, 0.1) is 6.54 Å². The molecule has 7 heavy (non-hydrogen) atoms. The molecule has 0 heterocycles. The molecule has 0 saturated heterocycles. The maximum Gasteiger partial charge on any atom is 0.0567 e. The van der Waals surface area contributed by atoms with E-state index < -0.39 is 0 Å². The van der Waals surface area contributed by atoms with E-state index in [-0.39, 0.29) is 0 Å². The van der Waals surface area contributed by atoms with Crippen molar-refractivity contribution in [1.29, 1.82) is 0 Å². The van der Waals surface area contributed by atoms with Gasteiger partial charge in [0, 0.05) is 6.21 Å². The predicted molar refractivity (Wildman–Crippen MR) is 33.8 cm³/mol. The molecule has 1 nitrogen and oxygen atoms in total. The summed E-state index contributed by atoms with van der Waals surface area (Å²) in [4.78, 5) is 3.85. The molecular formula is C6H9N. The van der Waals surface area contributed by atoms with Crippen LogP contribution in [-0.4, -0.2) is 12.8 Å². The average Bonchev–Trinajstić information content (AvgIpc) is 1.69.